The van der Waals surface area contributed by atoms with E-state index in [2.05, 4.69) is 68.4 Å². The van der Waals surface area contributed by atoms with Gasteiger partial charge >= 0.3 is 144 Å². The Kier molecular flexibility index (Phi) is 4.80. The van der Waals surface area contributed by atoms with E-state index in [4.69, 9.17) is 0 Å². The van der Waals surface area contributed by atoms with E-state index in [0.29, 0.717) is 0 Å². The van der Waals surface area contributed by atoms with Crippen molar-refractivity contribution in [3.05, 3.63) is 60.2 Å². The minimum Gasteiger partial charge on any atom is -0.147 e. The maximum Gasteiger partial charge on any atom is -0.147 e. The third-order valence-electron chi connectivity index (χ3n) is 4.70. The second kappa shape index (κ2) is 6.56. The summed E-state index contributed by atoms with van der Waals surface area (Å²) >= 11 is 0.0755. The molecular formula is C21H21AsClO. The molecule has 0 amide bonds. The Hall–Kier alpha value is -1.27. The molecule has 0 heterocycles. The molecule has 3 aromatic rings. The first-order valence-corrected chi connectivity index (χ1v) is 10.3. The largest absolute Gasteiger partial charge is 0.147 e. The minimum atomic E-state index is 0. The Morgan fingerprint density at radius 3 is 2.12 bits per heavy atom. The topological polar surface area (TPSA) is 20.2 Å². The Morgan fingerprint density at radius 2 is 1.46 bits per heavy atom. The molecule has 0 saturated heterocycles. The van der Waals surface area contributed by atoms with E-state index in [-0.39, 0.29) is 39.0 Å². The van der Waals surface area contributed by atoms with E-state index in [1.54, 1.807) is 0 Å². The molecule has 0 spiro atoms. The predicted molar refractivity (Wildman–Crippen MR) is 106 cm³/mol. The molecule has 1 aliphatic rings. The van der Waals surface area contributed by atoms with E-state index in [9.17, 15) is 5.11 Å². The van der Waals surface area contributed by atoms with E-state index < -0.39 is 0 Å². The van der Waals surface area contributed by atoms with Crippen molar-refractivity contribution in [2.24, 2.45) is 0 Å². The van der Waals surface area contributed by atoms with E-state index in [0.717, 1.165) is 5.21 Å². The van der Waals surface area contributed by atoms with Gasteiger partial charge in [0.15, 0.2) is 0 Å². The van der Waals surface area contributed by atoms with Gasteiger partial charge in [-0.05, 0) is 0 Å². The van der Waals surface area contributed by atoms with Crippen molar-refractivity contribution in [1.29, 1.82) is 0 Å². The fourth-order valence-corrected chi connectivity index (χ4v) is 5.40. The molecule has 3 heteroatoms. The molecule has 1 radical (unpaired) electrons. The summed E-state index contributed by atoms with van der Waals surface area (Å²) in [5, 5.41) is 13.4. The van der Waals surface area contributed by atoms with Crippen LogP contribution in [0.4, 0.5) is 0 Å². The summed E-state index contributed by atoms with van der Waals surface area (Å²) in [5.41, 5.74) is 6.88. The zero-order chi connectivity index (χ0) is 16.0. The van der Waals surface area contributed by atoms with Crippen molar-refractivity contribution in [3.63, 3.8) is 0 Å². The molecule has 1 nitrogen and oxygen atoms in total. The number of rotatable bonds is 4. The summed E-state index contributed by atoms with van der Waals surface area (Å²) in [6, 6.07) is 20.0. The van der Waals surface area contributed by atoms with Gasteiger partial charge in [-0.25, -0.2) is 0 Å². The minimum absolute atomic E-state index is 0. The summed E-state index contributed by atoms with van der Waals surface area (Å²) in [5.74, 6) is 0. The number of halogens is 1. The van der Waals surface area contributed by atoms with Crippen LogP contribution in [-0.2, 0) is 5.21 Å². The number of aliphatic hydroxyl groups excluding tert-OH is 1. The van der Waals surface area contributed by atoms with Gasteiger partial charge in [0.25, 0.3) is 0 Å². The number of aliphatic hydroxyl groups is 1. The molecule has 1 aliphatic carbocycles. The van der Waals surface area contributed by atoms with Crippen molar-refractivity contribution in [2.45, 2.75) is 23.3 Å². The van der Waals surface area contributed by atoms with Crippen molar-refractivity contribution < 1.29 is 5.11 Å². The van der Waals surface area contributed by atoms with E-state index >= 15 is 0 Å². The Labute approximate surface area is 156 Å². The van der Waals surface area contributed by atoms with Crippen LogP contribution in [0.3, 0.4) is 0 Å². The van der Waals surface area contributed by atoms with Crippen LogP contribution in [0.5, 0.6) is 0 Å². The van der Waals surface area contributed by atoms with E-state index in [1.807, 2.05) is 0 Å². The molecular weight excluding hydrogens is 379 g/mol. The average Bonchev–Trinajstić information content (AvgIpc) is 2.91. The zero-order valence-electron chi connectivity index (χ0n) is 13.9. The molecule has 0 bridgehead atoms. The number of hydrogen-bond acceptors (Lipinski definition) is 1. The van der Waals surface area contributed by atoms with Crippen LogP contribution in [0, 0.1) is 0 Å². The summed E-state index contributed by atoms with van der Waals surface area (Å²) in [6.07, 6.45) is 0. The quantitative estimate of drug-likeness (QED) is 0.461. The van der Waals surface area contributed by atoms with Crippen LogP contribution in [0.25, 0.3) is 33.0 Å². The Balaban J connectivity index is 0.00000169. The Morgan fingerprint density at radius 1 is 0.833 bits per heavy atom. The first kappa shape index (κ1) is 17.5. The number of hydrogen-bond donors (Lipinski definition) is 1. The summed E-state index contributed by atoms with van der Waals surface area (Å²) in [6.45, 7) is 4.62. The van der Waals surface area contributed by atoms with Crippen molar-refractivity contribution in [1.82, 2.24) is 0 Å². The van der Waals surface area contributed by atoms with Gasteiger partial charge in [-0.3, -0.25) is 0 Å². The molecule has 123 valence electrons. The molecule has 0 saturated carbocycles. The van der Waals surface area contributed by atoms with E-state index in [1.165, 1.54) is 38.6 Å². The molecule has 4 rings (SSSR count). The van der Waals surface area contributed by atoms with Gasteiger partial charge in [-0.2, -0.15) is 0 Å². The molecule has 0 unspecified atom stereocenters. The average molecular weight is 400 g/mol. The summed E-state index contributed by atoms with van der Waals surface area (Å²) < 4.78 is 0.0717. The Bertz CT molecular complexity index is 872. The third-order valence-corrected chi connectivity index (χ3v) is 7.84. The second-order valence-electron chi connectivity index (χ2n) is 6.83. The smallest absolute Gasteiger partial charge is 0.147 e. The van der Waals surface area contributed by atoms with Crippen LogP contribution < -0.4 is 0 Å². The first-order chi connectivity index (χ1) is 11.1. The van der Waals surface area contributed by atoms with Gasteiger partial charge in [0.05, 0.1) is 0 Å². The first-order valence-electron chi connectivity index (χ1n) is 8.05. The van der Waals surface area contributed by atoms with Gasteiger partial charge < -0.3 is 0 Å². The number of benzene rings is 3. The van der Waals surface area contributed by atoms with Crippen LogP contribution in [0.2, 0.25) is 4.20 Å². The normalized spacial score (nSPS) is 12.6. The van der Waals surface area contributed by atoms with Gasteiger partial charge in [0, 0.05) is 0 Å². The molecule has 0 aliphatic heterocycles. The maximum atomic E-state index is 9.53. The molecule has 3 aromatic carbocycles. The fraction of sp³-hybridized carbons (Fsp3) is 0.238. The predicted octanol–water partition coefficient (Wildman–Crippen LogP) is 5.30. The van der Waals surface area contributed by atoms with Crippen LogP contribution in [-0.4, -0.2) is 27.5 Å². The van der Waals surface area contributed by atoms with Crippen LogP contribution in [0.15, 0.2) is 54.6 Å². The van der Waals surface area contributed by atoms with Crippen LogP contribution in [0.1, 0.15) is 19.4 Å². The van der Waals surface area contributed by atoms with Gasteiger partial charge in [-0.15, -0.1) is 12.4 Å². The van der Waals surface area contributed by atoms with Gasteiger partial charge in [-0.1, -0.05) is 0 Å². The van der Waals surface area contributed by atoms with Gasteiger partial charge in [0.1, 0.15) is 0 Å². The summed E-state index contributed by atoms with van der Waals surface area (Å²) in [4.78, 5) is 0. The van der Waals surface area contributed by atoms with Gasteiger partial charge in [0.2, 0.25) is 0 Å². The number of fused-ring (bicyclic) bond motifs is 3. The molecule has 0 fully saturated rings. The van der Waals surface area contributed by atoms with Crippen molar-refractivity contribution in [2.75, 3.05) is 6.61 Å². The maximum absolute atomic E-state index is 9.53. The fourth-order valence-electron chi connectivity index (χ4n) is 3.36. The molecule has 0 aromatic heterocycles. The molecule has 24 heavy (non-hydrogen) atoms. The second-order valence-corrected chi connectivity index (χ2v) is 10.7. The standard InChI is InChI=1S/C21H20AsO.ClH/c1-21(2,13-23)22-12-14-10-11-19-17-7-4-3-6-16(17)18-9-5-8-15(14)20(18)19;/h3-11,23H,12-13H2,1-2H3;1H. The van der Waals surface area contributed by atoms with Crippen molar-refractivity contribution in [3.8, 4) is 22.3 Å². The molecule has 0 atom stereocenters. The monoisotopic (exact) mass is 399 g/mol. The van der Waals surface area contributed by atoms with Crippen molar-refractivity contribution >= 4 is 38.9 Å². The summed E-state index contributed by atoms with van der Waals surface area (Å²) in [7, 11) is 0. The zero-order valence-corrected chi connectivity index (χ0v) is 16.6. The third kappa shape index (κ3) is 2.79. The SMILES string of the molecule is CC(C)(CO)[As]Cc1ccc2c3c(cccc13)-c1ccccc1-2.Cl. The molecule has 1 N–H and O–H groups in total. The van der Waals surface area contributed by atoms with Crippen LogP contribution >= 0.6 is 12.4 Å².